The average molecular weight is 274 g/mol. The number of rotatable bonds is 1. The van der Waals surface area contributed by atoms with Crippen LogP contribution in [0.1, 0.15) is 31.5 Å². The topological polar surface area (TPSA) is 56.4 Å². The lowest BCUT2D eigenvalue weighted by atomic mass is 10.0. The molecule has 5 nitrogen and oxygen atoms in total. The fourth-order valence-corrected chi connectivity index (χ4v) is 2.95. The molecule has 4 rings (SSSR count). The van der Waals surface area contributed by atoms with Crippen molar-refractivity contribution in [3.63, 3.8) is 0 Å². The summed E-state index contributed by atoms with van der Waals surface area (Å²) in [5.74, 6) is 2.96. The van der Waals surface area contributed by atoms with Crippen molar-refractivity contribution in [1.29, 1.82) is 0 Å². The van der Waals surface area contributed by atoms with Crippen LogP contribution in [0.15, 0.2) is 12.1 Å². The Kier molecular flexibility index (Phi) is 2.80. The van der Waals surface area contributed by atoms with Gasteiger partial charge in [-0.2, -0.15) is 0 Å². The van der Waals surface area contributed by atoms with E-state index in [1.165, 1.54) is 0 Å². The number of aromatic amines is 1. The van der Waals surface area contributed by atoms with Gasteiger partial charge in [0.05, 0.1) is 30.4 Å². The first-order valence-corrected chi connectivity index (χ1v) is 7.22. The van der Waals surface area contributed by atoms with Crippen LogP contribution in [0.4, 0.5) is 0 Å². The lowest BCUT2D eigenvalue weighted by Crippen LogP contribution is -2.10. The van der Waals surface area contributed by atoms with Gasteiger partial charge in [-0.3, -0.25) is 0 Å². The van der Waals surface area contributed by atoms with Crippen LogP contribution in [-0.4, -0.2) is 35.9 Å². The molecule has 0 saturated carbocycles. The average Bonchev–Trinajstić information content (AvgIpc) is 2.96. The summed E-state index contributed by atoms with van der Waals surface area (Å²) in [5.41, 5.74) is 1.94. The summed E-state index contributed by atoms with van der Waals surface area (Å²) in [6, 6.07) is 3.96. The van der Waals surface area contributed by atoms with Crippen molar-refractivity contribution in [1.82, 2.24) is 9.97 Å². The van der Waals surface area contributed by atoms with Crippen LogP contribution in [0, 0.1) is 0 Å². The number of fused-ring (bicyclic) bond motifs is 2. The van der Waals surface area contributed by atoms with Crippen molar-refractivity contribution in [3.8, 4) is 11.5 Å². The molecule has 3 heterocycles. The third-order valence-electron chi connectivity index (χ3n) is 4.10. The van der Waals surface area contributed by atoms with Crippen LogP contribution < -0.4 is 9.47 Å². The molecule has 2 atom stereocenters. The molecule has 0 aliphatic carbocycles. The molecular weight excluding hydrogens is 256 g/mol. The maximum Gasteiger partial charge on any atom is 0.163 e. The van der Waals surface area contributed by atoms with E-state index in [-0.39, 0.29) is 6.10 Å². The Labute approximate surface area is 117 Å². The SMILES string of the molecule is CC1OCCC1c1nc2cc3c(cc2[nH]1)OCCCO3. The largest absolute Gasteiger partial charge is 0.489 e. The highest BCUT2D eigenvalue weighted by Gasteiger charge is 2.28. The van der Waals surface area contributed by atoms with Gasteiger partial charge in [-0.15, -0.1) is 0 Å². The molecule has 0 radical (unpaired) electrons. The Bertz CT molecular complexity index is 594. The summed E-state index contributed by atoms with van der Waals surface area (Å²) in [6.07, 6.45) is 2.16. The molecule has 1 N–H and O–H groups in total. The summed E-state index contributed by atoms with van der Waals surface area (Å²) in [5, 5.41) is 0. The Morgan fingerprint density at radius 2 is 1.95 bits per heavy atom. The third-order valence-corrected chi connectivity index (χ3v) is 4.10. The van der Waals surface area contributed by atoms with E-state index in [1.807, 2.05) is 12.1 Å². The highest BCUT2D eigenvalue weighted by atomic mass is 16.5. The number of nitrogens with one attached hydrogen (secondary N) is 1. The van der Waals surface area contributed by atoms with Crippen molar-refractivity contribution >= 4 is 11.0 Å². The third kappa shape index (κ3) is 1.93. The second kappa shape index (κ2) is 4.66. The molecule has 20 heavy (non-hydrogen) atoms. The number of hydrogen-bond acceptors (Lipinski definition) is 4. The van der Waals surface area contributed by atoms with Crippen LogP contribution in [0.5, 0.6) is 11.5 Å². The fraction of sp³-hybridized carbons (Fsp3) is 0.533. The Morgan fingerprint density at radius 1 is 1.15 bits per heavy atom. The number of aromatic nitrogens is 2. The molecule has 0 bridgehead atoms. The van der Waals surface area contributed by atoms with Gasteiger partial charge in [0, 0.05) is 31.1 Å². The van der Waals surface area contributed by atoms with Gasteiger partial charge in [0.15, 0.2) is 11.5 Å². The van der Waals surface area contributed by atoms with Crippen molar-refractivity contribution in [2.24, 2.45) is 0 Å². The first-order valence-electron chi connectivity index (χ1n) is 7.22. The van der Waals surface area contributed by atoms with Crippen LogP contribution >= 0.6 is 0 Å². The maximum atomic E-state index is 5.71. The van der Waals surface area contributed by atoms with Gasteiger partial charge < -0.3 is 19.2 Å². The molecule has 1 aromatic carbocycles. The first kappa shape index (κ1) is 12.0. The predicted octanol–water partition coefficient (Wildman–Crippen LogP) is 2.62. The Morgan fingerprint density at radius 3 is 2.70 bits per heavy atom. The van der Waals surface area contributed by atoms with E-state index in [0.29, 0.717) is 19.1 Å². The summed E-state index contributed by atoms with van der Waals surface area (Å²) >= 11 is 0. The maximum absolute atomic E-state index is 5.71. The van der Waals surface area contributed by atoms with E-state index in [1.54, 1.807) is 0 Å². The normalized spacial score (nSPS) is 25.9. The molecule has 2 aliphatic heterocycles. The van der Waals surface area contributed by atoms with Crippen molar-refractivity contribution in [2.45, 2.75) is 31.8 Å². The molecule has 1 saturated heterocycles. The fourth-order valence-electron chi connectivity index (χ4n) is 2.95. The number of H-pyrrole nitrogens is 1. The molecule has 0 amide bonds. The Balaban J connectivity index is 1.76. The highest BCUT2D eigenvalue weighted by Crippen LogP contribution is 2.36. The van der Waals surface area contributed by atoms with E-state index >= 15 is 0 Å². The molecule has 106 valence electrons. The van der Waals surface area contributed by atoms with E-state index < -0.39 is 0 Å². The van der Waals surface area contributed by atoms with Crippen LogP contribution in [0.2, 0.25) is 0 Å². The second-order valence-corrected chi connectivity index (χ2v) is 5.46. The summed E-state index contributed by atoms with van der Waals surface area (Å²) in [6.45, 7) is 4.31. The van der Waals surface area contributed by atoms with Gasteiger partial charge in [0.1, 0.15) is 5.82 Å². The van der Waals surface area contributed by atoms with Crippen LogP contribution in [-0.2, 0) is 4.74 Å². The molecule has 1 fully saturated rings. The van der Waals surface area contributed by atoms with Crippen LogP contribution in [0.25, 0.3) is 11.0 Å². The lowest BCUT2D eigenvalue weighted by molar-refractivity contribution is 0.117. The van der Waals surface area contributed by atoms with E-state index in [9.17, 15) is 0 Å². The van der Waals surface area contributed by atoms with Gasteiger partial charge in [0.2, 0.25) is 0 Å². The zero-order valence-corrected chi connectivity index (χ0v) is 11.5. The van der Waals surface area contributed by atoms with E-state index in [2.05, 4.69) is 11.9 Å². The minimum Gasteiger partial charge on any atom is -0.489 e. The molecule has 0 spiro atoms. The van der Waals surface area contributed by atoms with Gasteiger partial charge in [0.25, 0.3) is 0 Å². The summed E-state index contributed by atoms with van der Waals surface area (Å²) in [7, 11) is 0. The summed E-state index contributed by atoms with van der Waals surface area (Å²) < 4.78 is 17.0. The lowest BCUT2D eigenvalue weighted by Gasteiger charge is -2.09. The minimum absolute atomic E-state index is 0.223. The Hall–Kier alpha value is -1.75. The van der Waals surface area contributed by atoms with Gasteiger partial charge in [-0.05, 0) is 13.3 Å². The number of benzene rings is 1. The number of nitrogens with zero attached hydrogens (tertiary/aromatic N) is 1. The summed E-state index contributed by atoms with van der Waals surface area (Å²) in [4.78, 5) is 8.12. The highest BCUT2D eigenvalue weighted by molar-refractivity contribution is 5.80. The monoisotopic (exact) mass is 274 g/mol. The quantitative estimate of drug-likeness (QED) is 0.868. The van der Waals surface area contributed by atoms with Crippen molar-refractivity contribution in [2.75, 3.05) is 19.8 Å². The predicted molar refractivity (Wildman–Crippen MR) is 74.5 cm³/mol. The van der Waals surface area contributed by atoms with Gasteiger partial charge >= 0.3 is 0 Å². The molecule has 2 aromatic rings. The van der Waals surface area contributed by atoms with Crippen LogP contribution in [0.3, 0.4) is 0 Å². The van der Waals surface area contributed by atoms with Gasteiger partial charge in [-0.25, -0.2) is 4.98 Å². The number of imidazole rings is 1. The number of hydrogen-bond donors (Lipinski definition) is 1. The molecule has 5 heteroatoms. The van der Waals surface area contributed by atoms with Gasteiger partial charge in [-0.1, -0.05) is 0 Å². The zero-order chi connectivity index (χ0) is 13.5. The number of ether oxygens (including phenoxy) is 3. The van der Waals surface area contributed by atoms with E-state index in [4.69, 9.17) is 19.2 Å². The molecule has 2 unspecified atom stereocenters. The van der Waals surface area contributed by atoms with Crippen molar-refractivity contribution in [3.05, 3.63) is 18.0 Å². The second-order valence-electron chi connectivity index (χ2n) is 5.46. The minimum atomic E-state index is 0.223. The molecule has 1 aromatic heterocycles. The standard InChI is InChI=1S/C15H18N2O3/c1-9-10(3-6-18-9)15-16-11-7-13-14(8-12(11)17-15)20-5-2-4-19-13/h7-10H,2-6H2,1H3,(H,16,17). The smallest absolute Gasteiger partial charge is 0.163 e. The molecule has 2 aliphatic rings. The first-order chi connectivity index (χ1) is 9.81. The van der Waals surface area contributed by atoms with E-state index in [0.717, 1.165) is 47.8 Å². The molecular formula is C15H18N2O3. The zero-order valence-electron chi connectivity index (χ0n) is 11.5. The van der Waals surface area contributed by atoms with Crippen molar-refractivity contribution < 1.29 is 14.2 Å².